The molecule has 33 heavy (non-hydrogen) atoms. The Labute approximate surface area is 192 Å². The third kappa shape index (κ3) is 4.81. The second-order valence-corrected chi connectivity index (χ2v) is 9.11. The lowest BCUT2D eigenvalue weighted by atomic mass is 9.84. The maximum atomic E-state index is 14.0. The lowest BCUT2D eigenvalue weighted by Crippen LogP contribution is -2.42. The van der Waals surface area contributed by atoms with Gasteiger partial charge in [0.15, 0.2) is 5.76 Å². The molecule has 1 atom stereocenters. The smallest absolute Gasteiger partial charge is 0.287 e. The molecule has 0 bridgehead atoms. The molecule has 6 nitrogen and oxygen atoms in total. The van der Waals surface area contributed by atoms with E-state index in [1.807, 2.05) is 24.3 Å². The molecule has 0 spiro atoms. The van der Waals surface area contributed by atoms with Crippen molar-refractivity contribution >= 4 is 16.9 Å². The zero-order valence-corrected chi connectivity index (χ0v) is 18.6. The fourth-order valence-corrected chi connectivity index (χ4v) is 4.78. The zero-order chi connectivity index (χ0) is 22.8. The first-order chi connectivity index (χ1) is 16.0. The van der Waals surface area contributed by atoms with Crippen molar-refractivity contribution in [1.82, 2.24) is 10.2 Å². The van der Waals surface area contributed by atoms with E-state index in [1.165, 1.54) is 6.07 Å². The van der Waals surface area contributed by atoms with Crippen LogP contribution in [0.4, 0.5) is 4.39 Å². The van der Waals surface area contributed by atoms with Crippen LogP contribution in [-0.4, -0.2) is 48.3 Å². The Bertz CT molecular complexity index is 1130. The second kappa shape index (κ2) is 9.25. The number of likely N-dealkylation sites (tertiary alicyclic amines) is 1. The summed E-state index contributed by atoms with van der Waals surface area (Å²) in [5, 5.41) is 15.0. The first kappa shape index (κ1) is 22.1. The van der Waals surface area contributed by atoms with Crippen LogP contribution < -0.4 is 5.32 Å². The number of amides is 1. The number of benzene rings is 2. The second-order valence-electron chi connectivity index (χ2n) is 9.11. The van der Waals surface area contributed by atoms with Gasteiger partial charge in [-0.1, -0.05) is 24.3 Å². The minimum atomic E-state index is -0.959. The summed E-state index contributed by atoms with van der Waals surface area (Å²) in [7, 11) is 0. The summed E-state index contributed by atoms with van der Waals surface area (Å²) in [6.45, 7) is 3.10. The van der Waals surface area contributed by atoms with Crippen molar-refractivity contribution < 1.29 is 23.4 Å². The number of ether oxygens (including phenoxy) is 1. The van der Waals surface area contributed by atoms with E-state index in [2.05, 4.69) is 10.2 Å². The summed E-state index contributed by atoms with van der Waals surface area (Å²) in [5.41, 5.74) is 1.14. The quantitative estimate of drug-likeness (QED) is 0.592. The van der Waals surface area contributed by atoms with Crippen molar-refractivity contribution in [2.45, 2.75) is 43.9 Å². The Morgan fingerprint density at radius 1 is 1.18 bits per heavy atom. The van der Waals surface area contributed by atoms with Crippen LogP contribution >= 0.6 is 0 Å². The number of furan rings is 1. The van der Waals surface area contributed by atoms with Gasteiger partial charge in [0.1, 0.15) is 11.4 Å². The number of carbonyl (C=O) groups is 1. The number of aliphatic hydroxyl groups is 1. The molecule has 2 aliphatic heterocycles. The van der Waals surface area contributed by atoms with Crippen molar-refractivity contribution in [1.29, 1.82) is 0 Å². The van der Waals surface area contributed by atoms with Gasteiger partial charge >= 0.3 is 0 Å². The third-order valence-corrected chi connectivity index (χ3v) is 6.83. The SMILES string of the molecule is O=C(NC[C@H]1CCCO1)c1cc2cc(C3(O)CCN(Cc4ccccc4F)CC3)ccc2o1. The van der Waals surface area contributed by atoms with E-state index in [4.69, 9.17) is 9.15 Å². The highest BCUT2D eigenvalue weighted by atomic mass is 19.1. The largest absolute Gasteiger partial charge is 0.451 e. The minimum absolute atomic E-state index is 0.0726. The molecule has 174 valence electrons. The predicted octanol–water partition coefficient (Wildman–Crippen LogP) is 3.96. The van der Waals surface area contributed by atoms with Crippen molar-refractivity contribution in [3.05, 3.63) is 71.2 Å². The molecule has 2 fully saturated rings. The summed E-state index contributed by atoms with van der Waals surface area (Å²) < 4.78 is 25.3. The molecule has 2 aromatic carbocycles. The first-order valence-electron chi connectivity index (χ1n) is 11.6. The van der Waals surface area contributed by atoms with Gasteiger partial charge in [-0.25, -0.2) is 4.39 Å². The Kier molecular flexibility index (Phi) is 6.19. The van der Waals surface area contributed by atoms with E-state index in [9.17, 15) is 14.3 Å². The van der Waals surface area contributed by atoms with Crippen molar-refractivity contribution in [2.75, 3.05) is 26.2 Å². The lowest BCUT2D eigenvalue weighted by Gasteiger charge is -2.38. The van der Waals surface area contributed by atoms with Crippen LogP contribution in [0.25, 0.3) is 11.0 Å². The number of piperidine rings is 1. The fraction of sp³-hybridized carbons (Fsp3) is 0.423. The topological polar surface area (TPSA) is 74.9 Å². The molecule has 1 aromatic heterocycles. The summed E-state index contributed by atoms with van der Waals surface area (Å²) in [6.07, 6.45) is 3.17. The van der Waals surface area contributed by atoms with Crippen LogP contribution in [0.1, 0.15) is 47.4 Å². The third-order valence-electron chi connectivity index (χ3n) is 6.83. The number of nitrogens with one attached hydrogen (secondary N) is 1. The highest BCUT2D eigenvalue weighted by Gasteiger charge is 2.34. The average Bonchev–Trinajstić information content (AvgIpc) is 3.50. The Morgan fingerprint density at radius 3 is 2.76 bits per heavy atom. The minimum Gasteiger partial charge on any atom is -0.451 e. The molecule has 7 heteroatoms. The van der Waals surface area contributed by atoms with Crippen LogP contribution in [0.15, 0.2) is 52.9 Å². The highest BCUT2D eigenvalue weighted by molar-refractivity contribution is 5.96. The molecule has 5 rings (SSSR count). The van der Waals surface area contributed by atoms with Crippen LogP contribution in [0.3, 0.4) is 0 Å². The number of rotatable bonds is 6. The number of carbonyl (C=O) groups excluding carboxylic acids is 1. The molecule has 2 N–H and O–H groups in total. The van der Waals surface area contributed by atoms with Crippen LogP contribution in [0.2, 0.25) is 0 Å². The summed E-state index contributed by atoms with van der Waals surface area (Å²) in [4.78, 5) is 14.7. The van der Waals surface area contributed by atoms with E-state index >= 15 is 0 Å². The molecule has 0 saturated carbocycles. The van der Waals surface area contributed by atoms with E-state index in [-0.39, 0.29) is 23.6 Å². The molecular formula is C26H29FN2O4. The highest BCUT2D eigenvalue weighted by Crippen LogP contribution is 2.35. The summed E-state index contributed by atoms with van der Waals surface area (Å²) in [6, 6.07) is 14.1. The van der Waals surface area contributed by atoms with E-state index < -0.39 is 5.60 Å². The molecule has 2 aliphatic rings. The van der Waals surface area contributed by atoms with Gasteiger partial charge in [0.25, 0.3) is 5.91 Å². The summed E-state index contributed by atoms with van der Waals surface area (Å²) in [5.74, 6) is -0.199. The van der Waals surface area contributed by atoms with Crippen molar-refractivity contribution in [3.63, 3.8) is 0 Å². The first-order valence-corrected chi connectivity index (χ1v) is 11.6. The van der Waals surface area contributed by atoms with Gasteiger partial charge in [0.05, 0.1) is 11.7 Å². The maximum Gasteiger partial charge on any atom is 0.287 e. The molecular weight excluding hydrogens is 423 g/mol. The van der Waals surface area contributed by atoms with Gasteiger partial charge in [0, 0.05) is 43.7 Å². The van der Waals surface area contributed by atoms with Crippen molar-refractivity contribution in [2.24, 2.45) is 0 Å². The number of halogens is 1. The van der Waals surface area contributed by atoms with Crippen molar-refractivity contribution in [3.8, 4) is 0 Å². The van der Waals surface area contributed by atoms with Gasteiger partial charge in [-0.2, -0.15) is 0 Å². The zero-order valence-electron chi connectivity index (χ0n) is 18.6. The molecule has 3 heterocycles. The average molecular weight is 453 g/mol. The maximum absolute atomic E-state index is 14.0. The normalized spacial score (nSPS) is 20.8. The molecule has 0 aliphatic carbocycles. The standard InChI is InChI=1S/C26H29FN2O4/c27-22-6-2-1-4-18(22)17-29-11-9-26(31,10-12-29)20-7-8-23-19(14-20)15-24(33-23)25(30)28-16-21-5-3-13-32-21/h1-2,4,6-8,14-15,21,31H,3,5,9-13,16-17H2,(H,28,30)/t21-/m1/s1. The number of fused-ring (bicyclic) bond motifs is 1. The summed E-state index contributed by atoms with van der Waals surface area (Å²) >= 11 is 0. The van der Waals surface area contributed by atoms with Crippen LogP contribution in [0.5, 0.6) is 0 Å². The fourth-order valence-electron chi connectivity index (χ4n) is 4.78. The van der Waals surface area contributed by atoms with Gasteiger partial charge in [-0.15, -0.1) is 0 Å². The number of hydrogen-bond donors (Lipinski definition) is 2. The van der Waals surface area contributed by atoms with Gasteiger partial charge in [0.2, 0.25) is 0 Å². The lowest BCUT2D eigenvalue weighted by molar-refractivity contribution is -0.0278. The monoisotopic (exact) mass is 452 g/mol. The van der Waals surface area contributed by atoms with Crippen LogP contribution in [0, 0.1) is 5.82 Å². The number of nitrogens with zero attached hydrogens (tertiary/aromatic N) is 1. The molecule has 0 unspecified atom stereocenters. The van der Waals surface area contributed by atoms with Crippen LogP contribution in [-0.2, 0) is 16.9 Å². The van der Waals surface area contributed by atoms with E-state index in [0.29, 0.717) is 50.2 Å². The van der Waals surface area contributed by atoms with Gasteiger partial charge in [-0.05, 0) is 55.5 Å². The van der Waals surface area contributed by atoms with Gasteiger partial charge in [-0.3, -0.25) is 9.69 Å². The molecule has 1 amide bonds. The van der Waals surface area contributed by atoms with E-state index in [0.717, 1.165) is 30.4 Å². The Hall–Kier alpha value is -2.74. The van der Waals surface area contributed by atoms with Gasteiger partial charge < -0.3 is 19.6 Å². The predicted molar refractivity (Wildman–Crippen MR) is 122 cm³/mol. The Morgan fingerprint density at radius 2 is 2.00 bits per heavy atom. The number of hydrogen-bond acceptors (Lipinski definition) is 5. The van der Waals surface area contributed by atoms with E-state index in [1.54, 1.807) is 18.2 Å². The Balaban J connectivity index is 1.24. The molecule has 2 saturated heterocycles. The molecule has 3 aromatic rings. The molecule has 0 radical (unpaired) electrons.